The molecule has 33 heavy (non-hydrogen) atoms. The third-order valence-electron chi connectivity index (χ3n) is 6.15. The molecule has 2 N–H and O–H groups in total. The van der Waals surface area contributed by atoms with Crippen molar-refractivity contribution in [1.29, 1.82) is 0 Å². The average molecular weight is 470 g/mol. The number of amides is 2. The molecule has 7 nitrogen and oxygen atoms in total. The largest absolute Gasteiger partial charge is 0.484 e. The summed E-state index contributed by atoms with van der Waals surface area (Å²) in [6.45, 7) is 1.76. The number of nitrogens with one attached hydrogen (secondary N) is 2. The van der Waals surface area contributed by atoms with E-state index in [0.717, 1.165) is 17.2 Å². The number of rotatable bonds is 7. The second-order valence-electron chi connectivity index (χ2n) is 8.90. The highest BCUT2D eigenvalue weighted by atomic mass is 35.5. The van der Waals surface area contributed by atoms with Crippen molar-refractivity contribution in [3.05, 3.63) is 70.6 Å². The van der Waals surface area contributed by atoms with Crippen molar-refractivity contribution in [2.45, 2.75) is 37.3 Å². The fraction of sp³-hybridized carbons (Fsp3) is 0.292. The van der Waals surface area contributed by atoms with Crippen LogP contribution >= 0.6 is 11.6 Å². The molecular weight excluding hydrogens is 449 g/mol. The van der Waals surface area contributed by atoms with Gasteiger partial charge in [-0.15, -0.1) is 0 Å². The summed E-state index contributed by atoms with van der Waals surface area (Å²) in [7, 11) is 0. The van der Waals surface area contributed by atoms with Crippen LogP contribution in [0.25, 0.3) is 11.3 Å². The van der Waals surface area contributed by atoms with Crippen molar-refractivity contribution in [2.24, 2.45) is 0 Å². The van der Waals surface area contributed by atoms with Crippen molar-refractivity contribution < 1.29 is 23.2 Å². The van der Waals surface area contributed by atoms with Gasteiger partial charge in [-0.05, 0) is 38.3 Å². The van der Waals surface area contributed by atoms with E-state index in [-0.39, 0.29) is 46.0 Å². The van der Waals surface area contributed by atoms with Crippen molar-refractivity contribution >= 4 is 23.4 Å². The quantitative estimate of drug-likeness (QED) is 0.544. The first-order valence-corrected chi connectivity index (χ1v) is 10.9. The minimum atomic E-state index is -0.607. The highest BCUT2D eigenvalue weighted by Crippen LogP contribution is 2.60. The van der Waals surface area contributed by atoms with E-state index in [9.17, 15) is 14.0 Å². The van der Waals surface area contributed by atoms with Crippen LogP contribution in [0.3, 0.4) is 0 Å². The van der Waals surface area contributed by atoms with Crippen molar-refractivity contribution in [3.63, 3.8) is 0 Å². The van der Waals surface area contributed by atoms with Crippen LogP contribution in [0.1, 0.15) is 35.3 Å². The van der Waals surface area contributed by atoms with Gasteiger partial charge in [0.05, 0.1) is 5.02 Å². The van der Waals surface area contributed by atoms with E-state index in [1.54, 1.807) is 6.07 Å². The highest BCUT2D eigenvalue weighted by Gasteiger charge is 2.69. The Bertz CT molecular complexity index is 1220. The normalized spacial score (nSPS) is 22.6. The molecule has 2 bridgehead atoms. The second kappa shape index (κ2) is 7.88. The number of carbonyl (C=O) groups excluding carboxylic acids is 2. The smallest absolute Gasteiger partial charge is 0.273 e. The number of benzene rings is 2. The Morgan fingerprint density at radius 1 is 1.09 bits per heavy atom. The highest BCUT2D eigenvalue weighted by molar-refractivity contribution is 6.30. The Balaban J connectivity index is 1.10. The van der Waals surface area contributed by atoms with Gasteiger partial charge >= 0.3 is 0 Å². The summed E-state index contributed by atoms with van der Waals surface area (Å²) in [5.74, 6) is -0.452. The minimum absolute atomic E-state index is 0.00925. The summed E-state index contributed by atoms with van der Waals surface area (Å²) in [4.78, 5) is 24.9. The molecule has 6 rings (SSSR count). The number of carbonyl (C=O) groups is 2. The van der Waals surface area contributed by atoms with E-state index in [1.165, 1.54) is 12.1 Å². The fourth-order valence-electron chi connectivity index (χ4n) is 4.64. The molecule has 0 saturated heterocycles. The Labute approximate surface area is 194 Å². The third-order valence-corrected chi connectivity index (χ3v) is 6.46. The molecule has 3 aromatic rings. The Hall–Kier alpha value is -3.39. The zero-order chi connectivity index (χ0) is 23.2. The molecule has 0 atom stereocenters. The van der Waals surface area contributed by atoms with Gasteiger partial charge in [0.25, 0.3) is 11.8 Å². The molecule has 0 spiro atoms. The van der Waals surface area contributed by atoms with E-state index in [0.29, 0.717) is 25.0 Å². The molecule has 2 amide bonds. The molecule has 3 aliphatic rings. The van der Waals surface area contributed by atoms with Gasteiger partial charge in [0.1, 0.15) is 11.6 Å². The predicted octanol–water partition coefficient (Wildman–Crippen LogP) is 4.04. The monoisotopic (exact) mass is 469 g/mol. The van der Waals surface area contributed by atoms with Crippen LogP contribution in [0.5, 0.6) is 5.75 Å². The van der Waals surface area contributed by atoms with Crippen LogP contribution in [0.4, 0.5) is 4.39 Å². The van der Waals surface area contributed by atoms with E-state index >= 15 is 0 Å². The van der Waals surface area contributed by atoms with Crippen LogP contribution in [0, 0.1) is 12.7 Å². The first-order chi connectivity index (χ1) is 15.7. The molecule has 1 heterocycles. The number of halogens is 2. The first kappa shape index (κ1) is 21.5. The van der Waals surface area contributed by atoms with E-state index in [4.69, 9.17) is 20.9 Å². The maximum Gasteiger partial charge on any atom is 0.273 e. The lowest BCUT2D eigenvalue weighted by molar-refractivity contribution is -0.141. The maximum absolute atomic E-state index is 13.5. The number of ether oxygens (including phenoxy) is 1. The molecular formula is C24H21ClFN3O4. The van der Waals surface area contributed by atoms with Crippen LogP contribution in [-0.4, -0.2) is 34.7 Å². The molecule has 170 valence electrons. The van der Waals surface area contributed by atoms with Gasteiger partial charge in [-0.2, -0.15) is 0 Å². The summed E-state index contributed by atoms with van der Waals surface area (Å²) in [5.41, 5.74) is 1.52. The van der Waals surface area contributed by atoms with Gasteiger partial charge in [-0.1, -0.05) is 46.6 Å². The van der Waals surface area contributed by atoms with Crippen molar-refractivity contribution in [2.75, 3.05) is 6.61 Å². The SMILES string of the molecule is Cc1ccc(-c2cc(C(=O)NC34CC(NC(=O)COc5ccc(Cl)c(F)c5)(C3)C4)no2)cc1. The maximum atomic E-state index is 13.5. The second-order valence-corrected chi connectivity index (χ2v) is 9.31. The predicted molar refractivity (Wildman–Crippen MR) is 119 cm³/mol. The molecule has 9 heteroatoms. The summed E-state index contributed by atoms with van der Waals surface area (Å²) >= 11 is 5.64. The zero-order valence-electron chi connectivity index (χ0n) is 17.8. The summed E-state index contributed by atoms with van der Waals surface area (Å²) < 4.78 is 24.1. The van der Waals surface area contributed by atoms with E-state index < -0.39 is 5.82 Å². The molecule has 0 radical (unpaired) electrons. The minimum Gasteiger partial charge on any atom is -0.484 e. The summed E-state index contributed by atoms with van der Waals surface area (Å²) in [6, 6.07) is 13.4. The molecule has 2 aromatic carbocycles. The molecule has 3 aliphatic carbocycles. The van der Waals surface area contributed by atoms with E-state index in [2.05, 4.69) is 15.8 Å². The van der Waals surface area contributed by atoms with E-state index in [1.807, 2.05) is 31.2 Å². The average Bonchev–Trinajstić information content (AvgIpc) is 3.23. The fourth-order valence-corrected chi connectivity index (χ4v) is 4.76. The molecule has 3 fully saturated rings. The van der Waals surface area contributed by atoms with Gasteiger partial charge in [0.15, 0.2) is 18.1 Å². The van der Waals surface area contributed by atoms with Crippen molar-refractivity contribution in [1.82, 2.24) is 15.8 Å². The van der Waals surface area contributed by atoms with Gasteiger partial charge in [-0.25, -0.2) is 4.39 Å². The lowest BCUT2D eigenvalue weighted by Gasteiger charge is -2.70. The van der Waals surface area contributed by atoms with Crippen LogP contribution < -0.4 is 15.4 Å². The zero-order valence-corrected chi connectivity index (χ0v) is 18.5. The van der Waals surface area contributed by atoms with Crippen LogP contribution in [0.2, 0.25) is 5.02 Å². The number of hydrogen-bond acceptors (Lipinski definition) is 5. The van der Waals surface area contributed by atoms with Crippen LogP contribution in [0.15, 0.2) is 53.1 Å². The standard InChI is InChI=1S/C24H21ClFN3O4/c1-14-2-4-15(5-3-14)20-9-19(29-33-20)22(31)28-24-11-23(12-24,13-24)27-21(30)10-32-16-6-7-17(25)18(26)8-16/h2-9H,10-13H2,1H3,(H,27,30)(H,28,31). The van der Waals surface area contributed by atoms with Crippen molar-refractivity contribution in [3.8, 4) is 17.1 Å². The van der Waals surface area contributed by atoms with Gasteiger partial charge in [0.2, 0.25) is 0 Å². The van der Waals surface area contributed by atoms with Crippen LogP contribution in [-0.2, 0) is 4.79 Å². The molecule has 0 aliphatic heterocycles. The summed E-state index contributed by atoms with van der Waals surface area (Å²) in [5, 5.41) is 9.86. The lowest BCUT2D eigenvalue weighted by atomic mass is 9.44. The Morgan fingerprint density at radius 2 is 1.79 bits per heavy atom. The number of hydrogen-bond donors (Lipinski definition) is 2. The Kier molecular flexibility index (Phi) is 5.12. The number of nitrogens with zero attached hydrogens (tertiary/aromatic N) is 1. The summed E-state index contributed by atoms with van der Waals surface area (Å²) in [6.07, 6.45) is 1.90. The van der Waals surface area contributed by atoms with Gasteiger partial charge in [-0.3, -0.25) is 9.59 Å². The molecule has 0 unspecified atom stereocenters. The topological polar surface area (TPSA) is 93.5 Å². The first-order valence-electron chi connectivity index (χ1n) is 10.5. The third kappa shape index (κ3) is 4.18. The van der Waals surface area contributed by atoms with Gasteiger partial charge < -0.3 is 19.9 Å². The number of aryl methyl sites for hydroxylation is 1. The Morgan fingerprint density at radius 3 is 2.48 bits per heavy atom. The molecule has 1 aromatic heterocycles. The lowest BCUT2D eigenvalue weighted by Crippen LogP contribution is -2.84. The van der Waals surface area contributed by atoms with Gasteiger partial charge in [0, 0.05) is 28.8 Å². The molecule has 3 saturated carbocycles. The number of aromatic nitrogens is 1.